The highest BCUT2D eigenvalue weighted by Gasteiger charge is 2.30. The minimum Gasteiger partial charge on any atom is -0.377 e. The third-order valence-electron chi connectivity index (χ3n) is 4.48. The van der Waals surface area contributed by atoms with Crippen molar-refractivity contribution in [3.05, 3.63) is 0 Å². The van der Waals surface area contributed by atoms with Crippen molar-refractivity contribution in [1.29, 1.82) is 0 Å². The Morgan fingerprint density at radius 3 is 2.22 bits per heavy atom. The van der Waals surface area contributed by atoms with Crippen LogP contribution in [-0.2, 0) is 4.74 Å². The molecule has 1 aliphatic carbocycles. The Balaban J connectivity index is 2.49. The van der Waals surface area contributed by atoms with Crippen LogP contribution < -0.4 is 0 Å². The summed E-state index contributed by atoms with van der Waals surface area (Å²) in [5.74, 6) is 0.759. The standard InChI is InChI=1S/C16H31BrO/c1-4-10-16(12-17,11-5-2)13-18-15-9-7-6-8-14(15)3/h14-15H,4-13H2,1-3H3. The van der Waals surface area contributed by atoms with Gasteiger partial charge in [0.2, 0.25) is 0 Å². The normalized spacial score (nSPS) is 25.3. The molecule has 0 bridgehead atoms. The number of hydrogen-bond acceptors (Lipinski definition) is 1. The molecule has 2 heteroatoms. The summed E-state index contributed by atoms with van der Waals surface area (Å²) in [6.07, 6.45) is 11.0. The van der Waals surface area contributed by atoms with Gasteiger partial charge in [-0.05, 0) is 31.6 Å². The van der Waals surface area contributed by atoms with Crippen molar-refractivity contribution in [3.63, 3.8) is 0 Å². The molecule has 0 aromatic carbocycles. The van der Waals surface area contributed by atoms with Gasteiger partial charge in [-0.3, -0.25) is 0 Å². The summed E-state index contributed by atoms with van der Waals surface area (Å²) < 4.78 is 6.33. The van der Waals surface area contributed by atoms with Crippen LogP contribution in [0.3, 0.4) is 0 Å². The molecular formula is C16H31BrO. The average molecular weight is 319 g/mol. The summed E-state index contributed by atoms with van der Waals surface area (Å²) in [7, 11) is 0. The summed E-state index contributed by atoms with van der Waals surface area (Å²) in [4.78, 5) is 0. The highest BCUT2D eigenvalue weighted by atomic mass is 79.9. The Morgan fingerprint density at radius 1 is 1.11 bits per heavy atom. The fourth-order valence-electron chi connectivity index (χ4n) is 3.32. The van der Waals surface area contributed by atoms with Crippen LogP contribution in [0.1, 0.15) is 72.1 Å². The van der Waals surface area contributed by atoms with Crippen LogP contribution in [-0.4, -0.2) is 18.0 Å². The highest BCUT2D eigenvalue weighted by molar-refractivity contribution is 9.09. The van der Waals surface area contributed by atoms with Gasteiger partial charge >= 0.3 is 0 Å². The maximum Gasteiger partial charge on any atom is 0.0600 e. The Labute approximate surface area is 122 Å². The van der Waals surface area contributed by atoms with E-state index in [4.69, 9.17) is 4.74 Å². The maximum absolute atomic E-state index is 6.33. The lowest BCUT2D eigenvalue weighted by Gasteiger charge is -2.36. The molecule has 0 radical (unpaired) electrons. The van der Waals surface area contributed by atoms with Gasteiger partial charge in [-0.1, -0.05) is 62.4 Å². The van der Waals surface area contributed by atoms with Crippen molar-refractivity contribution in [1.82, 2.24) is 0 Å². The number of hydrogen-bond donors (Lipinski definition) is 0. The molecule has 18 heavy (non-hydrogen) atoms. The minimum atomic E-state index is 0.376. The van der Waals surface area contributed by atoms with Gasteiger partial charge in [-0.15, -0.1) is 0 Å². The fourth-order valence-corrected chi connectivity index (χ4v) is 4.04. The molecule has 1 fully saturated rings. The van der Waals surface area contributed by atoms with Gasteiger partial charge in [-0.25, -0.2) is 0 Å². The van der Waals surface area contributed by atoms with Crippen LogP contribution in [0.15, 0.2) is 0 Å². The molecule has 0 aromatic heterocycles. The summed E-state index contributed by atoms with van der Waals surface area (Å²) in [5.41, 5.74) is 0.376. The van der Waals surface area contributed by atoms with Crippen LogP contribution in [0, 0.1) is 11.3 Å². The predicted octanol–water partition coefficient (Wildman–Crippen LogP) is 5.56. The zero-order valence-electron chi connectivity index (χ0n) is 12.5. The highest BCUT2D eigenvalue weighted by Crippen LogP contribution is 2.35. The van der Waals surface area contributed by atoms with Gasteiger partial charge in [-0.2, -0.15) is 0 Å². The Kier molecular flexibility index (Phi) is 7.86. The molecule has 1 aliphatic rings. The first-order valence-electron chi connectivity index (χ1n) is 7.85. The van der Waals surface area contributed by atoms with E-state index in [1.807, 2.05) is 0 Å². The molecule has 0 amide bonds. The van der Waals surface area contributed by atoms with Crippen molar-refractivity contribution >= 4 is 15.9 Å². The van der Waals surface area contributed by atoms with Gasteiger partial charge in [0.25, 0.3) is 0 Å². The quantitative estimate of drug-likeness (QED) is 0.532. The lowest BCUT2D eigenvalue weighted by atomic mass is 9.81. The van der Waals surface area contributed by atoms with Crippen LogP contribution in [0.2, 0.25) is 0 Å². The lowest BCUT2D eigenvalue weighted by Crippen LogP contribution is -2.34. The van der Waals surface area contributed by atoms with Crippen LogP contribution >= 0.6 is 15.9 Å². The molecule has 0 N–H and O–H groups in total. The second-order valence-corrected chi connectivity index (χ2v) is 6.81. The third kappa shape index (κ3) is 4.85. The molecule has 2 atom stereocenters. The van der Waals surface area contributed by atoms with E-state index < -0.39 is 0 Å². The van der Waals surface area contributed by atoms with Crippen molar-refractivity contribution in [3.8, 4) is 0 Å². The van der Waals surface area contributed by atoms with E-state index in [0.717, 1.165) is 17.9 Å². The van der Waals surface area contributed by atoms with Crippen LogP contribution in [0.5, 0.6) is 0 Å². The van der Waals surface area contributed by atoms with E-state index in [-0.39, 0.29) is 0 Å². The molecule has 108 valence electrons. The molecule has 2 unspecified atom stereocenters. The van der Waals surface area contributed by atoms with Gasteiger partial charge < -0.3 is 4.74 Å². The van der Waals surface area contributed by atoms with E-state index in [9.17, 15) is 0 Å². The topological polar surface area (TPSA) is 9.23 Å². The van der Waals surface area contributed by atoms with Crippen molar-refractivity contribution < 1.29 is 4.74 Å². The largest absolute Gasteiger partial charge is 0.377 e. The first-order chi connectivity index (χ1) is 8.67. The Hall–Kier alpha value is 0.440. The minimum absolute atomic E-state index is 0.376. The first-order valence-corrected chi connectivity index (χ1v) is 8.97. The predicted molar refractivity (Wildman–Crippen MR) is 83.4 cm³/mol. The maximum atomic E-state index is 6.33. The second-order valence-electron chi connectivity index (χ2n) is 6.24. The van der Waals surface area contributed by atoms with E-state index in [1.165, 1.54) is 51.4 Å². The summed E-state index contributed by atoms with van der Waals surface area (Å²) >= 11 is 3.74. The monoisotopic (exact) mass is 318 g/mol. The number of alkyl halides is 1. The van der Waals surface area contributed by atoms with Crippen molar-refractivity contribution in [2.75, 3.05) is 11.9 Å². The summed E-state index contributed by atoms with van der Waals surface area (Å²) in [5, 5.41) is 1.09. The molecule has 0 saturated heterocycles. The number of ether oxygens (including phenoxy) is 1. The number of halogens is 1. The molecular weight excluding hydrogens is 288 g/mol. The molecule has 0 heterocycles. The Morgan fingerprint density at radius 2 is 1.72 bits per heavy atom. The lowest BCUT2D eigenvalue weighted by molar-refractivity contribution is -0.0476. The average Bonchev–Trinajstić information content (AvgIpc) is 2.38. The molecule has 0 aliphatic heterocycles. The SMILES string of the molecule is CCCC(CBr)(CCC)COC1CCCCC1C. The molecule has 1 rings (SSSR count). The summed E-state index contributed by atoms with van der Waals surface area (Å²) in [6, 6.07) is 0. The summed E-state index contributed by atoms with van der Waals surface area (Å²) in [6.45, 7) is 7.89. The van der Waals surface area contributed by atoms with E-state index >= 15 is 0 Å². The van der Waals surface area contributed by atoms with Crippen LogP contribution in [0.25, 0.3) is 0 Å². The Bertz CT molecular complexity index is 211. The van der Waals surface area contributed by atoms with Crippen molar-refractivity contribution in [2.45, 2.75) is 78.2 Å². The third-order valence-corrected chi connectivity index (χ3v) is 5.67. The van der Waals surface area contributed by atoms with E-state index in [0.29, 0.717) is 11.5 Å². The molecule has 1 saturated carbocycles. The fraction of sp³-hybridized carbons (Fsp3) is 1.00. The number of rotatable bonds is 8. The molecule has 0 spiro atoms. The van der Waals surface area contributed by atoms with Crippen molar-refractivity contribution in [2.24, 2.45) is 11.3 Å². The van der Waals surface area contributed by atoms with Gasteiger partial charge in [0.05, 0.1) is 12.7 Å². The smallest absolute Gasteiger partial charge is 0.0600 e. The zero-order valence-corrected chi connectivity index (χ0v) is 14.1. The van der Waals surface area contributed by atoms with Gasteiger partial charge in [0.15, 0.2) is 0 Å². The first kappa shape index (κ1) is 16.5. The molecule has 0 aromatic rings. The van der Waals surface area contributed by atoms with E-state index in [1.54, 1.807) is 0 Å². The second kappa shape index (κ2) is 8.58. The van der Waals surface area contributed by atoms with Crippen LogP contribution in [0.4, 0.5) is 0 Å². The van der Waals surface area contributed by atoms with Gasteiger partial charge in [0, 0.05) is 10.7 Å². The van der Waals surface area contributed by atoms with Gasteiger partial charge in [0.1, 0.15) is 0 Å². The molecule has 1 nitrogen and oxygen atoms in total. The van der Waals surface area contributed by atoms with E-state index in [2.05, 4.69) is 36.7 Å². The zero-order chi connectivity index (χ0) is 13.4.